The smallest absolute Gasteiger partial charge is 0.243 e. The van der Waals surface area contributed by atoms with E-state index in [0.717, 1.165) is 22.7 Å². The molecule has 0 aliphatic heterocycles. The third kappa shape index (κ3) is 4.25. The lowest BCUT2D eigenvalue weighted by Gasteiger charge is -2.24. The van der Waals surface area contributed by atoms with Gasteiger partial charge in [-0.05, 0) is 30.2 Å². The summed E-state index contributed by atoms with van der Waals surface area (Å²) in [4.78, 5) is 17.5. The largest absolute Gasteiger partial charge is 0.497 e. The number of imidazole rings is 1. The quantitative estimate of drug-likeness (QED) is 0.660. The highest BCUT2D eigenvalue weighted by molar-refractivity contribution is 5.81. The number of methoxy groups -OCH3 is 1. The Labute approximate surface area is 166 Å². The molecule has 0 bridgehead atoms. The highest BCUT2D eigenvalue weighted by Crippen LogP contribution is 2.25. The lowest BCUT2D eigenvalue weighted by molar-refractivity contribution is -0.124. The average Bonchev–Trinajstić information content (AvgIpc) is 3.22. The number of nitrogens with one attached hydrogen (secondary N) is 1. The molecule has 1 aromatic heterocycles. The van der Waals surface area contributed by atoms with Crippen LogP contribution in [0.2, 0.25) is 0 Å². The highest BCUT2D eigenvalue weighted by Gasteiger charge is 2.23. The molecule has 5 heteroatoms. The molecule has 0 spiro atoms. The minimum atomic E-state index is -0.357. The molecular weight excluding hydrogens is 350 g/mol. The molecule has 0 aliphatic carbocycles. The first-order valence-corrected chi connectivity index (χ1v) is 9.53. The lowest BCUT2D eigenvalue weighted by Crippen LogP contribution is -2.35. The van der Waals surface area contributed by atoms with E-state index in [1.54, 1.807) is 13.3 Å². The van der Waals surface area contributed by atoms with Crippen LogP contribution in [0.25, 0.3) is 0 Å². The predicted molar refractivity (Wildman–Crippen MR) is 110 cm³/mol. The van der Waals surface area contributed by atoms with Gasteiger partial charge in [0, 0.05) is 18.3 Å². The second kappa shape index (κ2) is 8.74. The van der Waals surface area contributed by atoms with E-state index in [2.05, 4.69) is 24.1 Å². The number of carbonyl (C=O) groups excluding carboxylic acids is 1. The monoisotopic (exact) mass is 377 g/mol. The zero-order chi connectivity index (χ0) is 20.1. The molecule has 0 unspecified atom stereocenters. The van der Waals surface area contributed by atoms with Crippen LogP contribution in [-0.2, 0) is 4.79 Å². The number of hydrogen-bond acceptors (Lipinski definition) is 3. The number of aromatic nitrogens is 2. The van der Waals surface area contributed by atoms with Crippen LogP contribution in [0.3, 0.4) is 0 Å². The summed E-state index contributed by atoms with van der Waals surface area (Å²) in [5.74, 6) is 1.89. The molecule has 2 atom stereocenters. The van der Waals surface area contributed by atoms with Crippen molar-refractivity contribution in [3.8, 4) is 5.75 Å². The van der Waals surface area contributed by atoms with E-state index < -0.39 is 0 Å². The zero-order valence-corrected chi connectivity index (χ0v) is 16.8. The van der Waals surface area contributed by atoms with Crippen molar-refractivity contribution in [1.29, 1.82) is 0 Å². The highest BCUT2D eigenvalue weighted by atomic mass is 16.5. The summed E-state index contributed by atoms with van der Waals surface area (Å²) >= 11 is 0. The molecule has 0 aliphatic rings. The molecule has 5 nitrogen and oxygen atoms in total. The Morgan fingerprint density at radius 3 is 2.25 bits per heavy atom. The van der Waals surface area contributed by atoms with Gasteiger partial charge in [-0.15, -0.1) is 0 Å². The SMILES string of the molecule is COc1ccc([C@H](NC(=O)[C@H](C)n2ccnc2C(C)C)c2ccccc2)cc1. The van der Waals surface area contributed by atoms with Gasteiger partial charge in [-0.1, -0.05) is 56.3 Å². The van der Waals surface area contributed by atoms with Gasteiger partial charge in [-0.25, -0.2) is 4.98 Å². The van der Waals surface area contributed by atoms with Gasteiger partial charge in [-0.3, -0.25) is 4.79 Å². The van der Waals surface area contributed by atoms with Gasteiger partial charge in [0.05, 0.1) is 13.2 Å². The van der Waals surface area contributed by atoms with Crippen LogP contribution in [0.4, 0.5) is 0 Å². The minimum absolute atomic E-state index is 0.0513. The molecule has 0 saturated heterocycles. The van der Waals surface area contributed by atoms with Gasteiger partial charge in [0.1, 0.15) is 17.6 Å². The summed E-state index contributed by atoms with van der Waals surface area (Å²) in [6.45, 7) is 6.06. The van der Waals surface area contributed by atoms with Crippen LogP contribution in [0.1, 0.15) is 55.7 Å². The van der Waals surface area contributed by atoms with Gasteiger partial charge in [0.25, 0.3) is 0 Å². The second-order valence-corrected chi connectivity index (χ2v) is 7.15. The van der Waals surface area contributed by atoms with Crippen LogP contribution in [0.5, 0.6) is 5.75 Å². The van der Waals surface area contributed by atoms with Crippen molar-refractivity contribution in [3.63, 3.8) is 0 Å². The number of rotatable bonds is 7. The molecule has 0 fully saturated rings. The second-order valence-electron chi connectivity index (χ2n) is 7.15. The zero-order valence-electron chi connectivity index (χ0n) is 16.8. The summed E-state index contributed by atoms with van der Waals surface area (Å²) in [5, 5.41) is 3.21. The Balaban J connectivity index is 1.88. The molecule has 28 heavy (non-hydrogen) atoms. The Kier molecular flexibility index (Phi) is 6.14. The normalized spacial score (nSPS) is 13.2. The molecule has 146 valence electrons. The Hall–Kier alpha value is -3.08. The van der Waals surface area contributed by atoms with E-state index in [4.69, 9.17) is 4.74 Å². The maximum absolute atomic E-state index is 13.1. The molecule has 0 saturated carbocycles. The fourth-order valence-electron chi connectivity index (χ4n) is 3.29. The maximum atomic E-state index is 13.1. The number of nitrogens with zero attached hydrogens (tertiary/aromatic N) is 2. The molecule has 3 aromatic rings. The first-order valence-electron chi connectivity index (χ1n) is 9.53. The summed E-state index contributed by atoms with van der Waals surface area (Å²) in [7, 11) is 1.64. The van der Waals surface area contributed by atoms with Gasteiger partial charge in [0.2, 0.25) is 5.91 Å². The van der Waals surface area contributed by atoms with Crippen molar-refractivity contribution < 1.29 is 9.53 Å². The maximum Gasteiger partial charge on any atom is 0.243 e. The van der Waals surface area contributed by atoms with Crippen molar-refractivity contribution in [2.45, 2.75) is 38.8 Å². The minimum Gasteiger partial charge on any atom is -0.497 e. The van der Waals surface area contributed by atoms with Gasteiger partial charge in [-0.2, -0.15) is 0 Å². The van der Waals surface area contributed by atoms with Crippen molar-refractivity contribution in [2.75, 3.05) is 7.11 Å². The van der Waals surface area contributed by atoms with Crippen molar-refractivity contribution in [3.05, 3.63) is 83.9 Å². The van der Waals surface area contributed by atoms with Gasteiger partial charge < -0.3 is 14.6 Å². The third-order valence-corrected chi connectivity index (χ3v) is 4.88. The number of hydrogen-bond donors (Lipinski definition) is 1. The molecule has 2 aromatic carbocycles. The summed E-state index contributed by atoms with van der Waals surface area (Å²) < 4.78 is 7.20. The van der Waals surface area contributed by atoms with Gasteiger partial charge >= 0.3 is 0 Å². The Morgan fingerprint density at radius 1 is 1.00 bits per heavy atom. The number of ether oxygens (including phenoxy) is 1. The van der Waals surface area contributed by atoms with Gasteiger partial charge in [0.15, 0.2) is 0 Å². The van der Waals surface area contributed by atoms with E-state index >= 15 is 0 Å². The Morgan fingerprint density at radius 2 is 1.64 bits per heavy atom. The predicted octanol–water partition coefficient (Wildman–Crippen LogP) is 4.48. The molecule has 1 amide bonds. The van der Waals surface area contributed by atoms with Crippen molar-refractivity contribution >= 4 is 5.91 Å². The number of carbonyl (C=O) groups is 1. The first-order chi connectivity index (χ1) is 13.5. The van der Waals surface area contributed by atoms with Crippen LogP contribution < -0.4 is 10.1 Å². The molecule has 3 rings (SSSR count). The lowest BCUT2D eigenvalue weighted by atomic mass is 9.98. The molecule has 1 N–H and O–H groups in total. The molecule has 1 heterocycles. The van der Waals surface area contributed by atoms with E-state index in [9.17, 15) is 4.79 Å². The summed E-state index contributed by atoms with van der Waals surface area (Å²) in [6.07, 6.45) is 3.61. The third-order valence-electron chi connectivity index (χ3n) is 4.88. The number of amides is 1. The van der Waals surface area contributed by atoms with Crippen LogP contribution in [0.15, 0.2) is 67.0 Å². The van der Waals surface area contributed by atoms with E-state index in [1.807, 2.05) is 72.3 Å². The number of benzene rings is 2. The van der Waals surface area contributed by atoms with E-state index in [1.165, 1.54) is 0 Å². The summed E-state index contributed by atoms with van der Waals surface area (Å²) in [6, 6.07) is 17.2. The molecule has 0 radical (unpaired) electrons. The fraction of sp³-hybridized carbons (Fsp3) is 0.304. The van der Waals surface area contributed by atoms with Crippen LogP contribution in [0, 0.1) is 0 Å². The van der Waals surface area contributed by atoms with Crippen LogP contribution >= 0.6 is 0 Å². The fourth-order valence-corrected chi connectivity index (χ4v) is 3.29. The summed E-state index contributed by atoms with van der Waals surface area (Å²) in [5.41, 5.74) is 2.03. The standard InChI is InChI=1S/C23H27N3O2/c1-16(2)22-24-14-15-26(22)17(3)23(27)25-21(18-8-6-5-7-9-18)19-10-12-20(28-4)13-11-19/h5-17,21H,1-4H3,(H,25,27)/t17-,21+/m0/s1. The van der Waals surface area contributed by atoms with E-state index in [0.29, 0.717) is 0 Å². The topological polar surface area (TPSA) is 56.1 Å². The van der Waals surface area contributed by atoms with Crippen molar-refractivity contribution in [2.24, 2.45) is 0 Å². The van der Waals surface area contributed by atoms with Crippen molar-refractivity contribution in [1.82, 2.24) is 14.9 Å². The van der Waals surface area contributed by atoms with Crippen LogP contribution in [-0.4, -0.2) is 22.6 Å². The Bertz CT molecular complexity index is 901. The average molecular weight is 377 g/mol. The first kappa shape index (κ1) is 19.7. The van der Waals surface area contributed by atoms with E-state index in [-0.39, 0.29) is 23.9 Å². The molecular formula is C23H27N3O2.